The van der Waals surface area contributed by atoms with E-state index in [2.05, 4.69) is 5.32 Å². The monoisotopic (exact) mass is 370 g/mol. The van der Waals surface area contributed by atoms with E-state index in [1.54, 1.807) is 29.6 Å². The number of sulfonamides is 1. The molecule has 0 atom stereocenters. The summed E-state index contributed by atoms with van der Waals surface area (Å²) in [5, 5.41) is 4.97. The zero-order valence-electron chi connectivity index (χ0n) is 12.3. The minimum Gasteiger partial charge on any atom is -0.349 e. The summed E-state index contributed by atoms with van der Waals surface area (Å²) in [5.74, 6) is -0.328. The largest absolute Gasteiger partial charge is 0.349 e. The quantitative estimate of drug-likeness (QED) is 0.879. The first-order chi connectivity index (χ1) is 10.9. The zero-order chi connectivity index (χ0) is 16.6. The van der Waals surface area contributed by atoms with Crippen LogP contribution in [0, 0.1) is 0 Å². The van der Waals surface area contributed by atoms with Gasteiger partial charge in [-0.1, -0.05) is 11.6 Å². The second-order valence-electron chi connectivity index (χ2n) is 5.31. The molecule has 1 aliphatic rings. The Morgan fingerprint density at radius 2 is 1.91 bits per heavy atom. The van der Waals surface area contributed by atoms with Gasteiger partial charge in [-0.2, -0.15) is 0 Å². The first-order valence-corrected chi connectivity index (χ1v) is 9.72. The van der Waals surface area contributed by atoms with Crippen molar-refractivity contribution in [1.82, 2.24) is 5.32 Å². The van der Waals surface area contributed by atoms with Crippen molar-refractivity contribution in [2.24, 2.45) is 0 Å². The fourth-order valence-electron chi connectivity index (χ4n) is 2.08. The van der Waals surface area contributed by atoms with Crippen LogP contribution in [0.1, 0.15) is 22.5 Å². The molecule has 0 unspecified atom stereocenters. The van der Waals surface area contributed by atoms with Crippen LogP contribution in [0.2, 0.25) is 5.02 Å². The lowest BCUT2D eigenvalue weighted by atomic mass is 10.3. The molecule has 2 aromatic rings. The van der Waals surface area contributed by atoms with Crippen molar-refractivity contribution in [3.63, 3.8) is 0 Å². The molecule has 1 heterocycles. The van der Waals surface area contributed by atoms with Crippen LogP contribution in [0.5, 0.6) is 0 Å². The number of carbonyl (C=O) groups excluding carboxylic acids is 1. The Morgan fingerprint density at radius 1 is 1.26 bits per heavy atom. The molecule has 23 heavy (non-hydrogen) atoms. The number of hydrogen-bond donors (Lipinski definition) is 1. The molecule has 5 nitrogen and oxygen atoms in total. The van der Waals surface area contributed by atoms with Crippen LogP contribution < -0.4 is 9.62 Å². The molecule has 1 saturated carbocycles. The van der Waals surface area contributed by atoms with Gasteiger partial charge in [0.05, 0.1) is 5.69 Å². The minimum absolute atomic E-state index is 0.0260. The highest BCUT2D eigenvalue weighted by Crippen LogP contribution is 2.29. The molecule has 122 valence electrons. The van der Waals surface area contributed by atoms with Crippen molar-refractivity contribution in [1.29, 1.82) is 0 Å². The van der Waals surface area contributed by atoms with Gasteiger partial charge in [-0.25, -0.2) is 8.42 Å². The Morgan fingerprint density at radius 3 is 2.52 bits per heavy atom. The van der Waals surface area contributed by atoms with Gasteiger partial charge in [0.15, 0.2) is 0 Å². The summed E-state index contributed by atoms with van der Waals surface area (Å²) >= 11 is 6.96. The van der Waals surface area contributed by atoms with E-state index in [0.717, 1.165) is 28.5 Å². The lowest BCUT2D eigenvalue weighted by Crippen LogP contribution is -2.30. The van der Waals surface area contributed by atoms with E-state index in [4.69, 9.17) is 11.6 Å². The summed E-state index contributed by atoms with van der Waals surface area (Å²) in [5.41, 5.74) is 0.481. The van der Waals surface area contributed by atoms with Gasteiger partial charge < -0.3 is 5.32 Å². The standard InChI is InChI=1S/C15H15ClN2O3S2/c1-18(12-6-2-10(16)3-7-12)23(20,21)13-8-9-22-14(13)15(19)17-11-4-5-11/h2-3,6-9,11H,4-5H2,1H3,(H,17,19). The number of hydrogen-bond acceptors (Lipinski definition) is 4. The van der Waals surface area contributed by atoms with E-state index >= 15 is 0 Å². The molecule has 1 N–H and O–H groups in total. The Hall–Kier alpha value is -1.57. The van der Waals surface area contributed by atoms with Crippen LogP contribution in [0.25, 0.3) is 0 Å². The molecule has 8 heteroatoms. The average molecular weight is 371 g/mol. The maximum Gasteiger partial charge on any atom is 0.265 e. The van der Waals surface area contributed by atoms with Gasteiger partial charge in [0.2, 0.25) is 0 Å². The number of thiophene rings is 1. The highest BCUT2D eigenvalue weighted by Gasteiger charge is 2.31. The van der Waals surface area contributed by atoms with Crippen molar-refractivity contribution in [3.05, 3.63) is 45.6 Å². The van der Waals surface area contributed by atoms with Crippen molar-refractivity contribution in [2.75, 3.05) is 11.4 Å². The fourth-order valence-corrected chi connectivity index (χ4v) is 4.71. The molecular weight excluding hydrogens is 356 g/mol. The Kier molecular flexibility index (Phi) is 4.35. The second kappa shape index (κ2) is 6.14. The normalized spacial score (nSPS) is 14.5. The Labute approximate surface area is 143 Å². The molecule has 0 spiro atoms. The van der Waals surface area contributed by atoms with Crippen molar-refractivity contribution >= 4 is 44.6 Å². The Balaban J connectivity index is 1.91. The molecule has 1 aliphatic carbocycles. The third kappa shape index (κ3) is 3.36. The van der Waals surface area contributed by atoms with Crippen LogP contribution in [-0.4, -0.2) is 27.4 Å². The zero-order valence-corrected chi connectivity index (χ0v) is 14.7. The summed E-state index contributed by atoms with van der Waals surface area (Å²) in [4.78, 5) is 12.5. The summed E-state index contributed by atoms with van der Waals surface area (Å²) in [7, 11) is -2.36. The predicted octanol–water partition coefficient (Wildman–Crippen LogP) is 3.12. The molecular formula is C15H15ClN2O3S2. The predicted molar refractivity (Wildman–Crippen MR) is 91.8 cm³/mol. The lowest BCUT2D eigenvalue weighted by Gasteiger charge is -2.19. The highest BCUT2D eigenvalue weighted by atomic mass is 35.5. The van der Waals surface area contributed by atoms with Gasteiger partial charge in [-0.3, -0.25) is 9.10 Å². The first-order valence-electron chi connectivity index (χ1n) is 7.02. The van der Waals surface area contributed by atoms with E-state index < -0.39 is 10.0 Å². The van der Waals surface area contributed by atoms with E-state index in [1.807, 2.05) is 0 Å². The third-order valence-corrected chi connectivity index (χ3v) is 6.70. The molecule has 1 amide bonds. The topological polar surface area (TPSA) is 66.5 Å². The minimum atomic E-state index is -3.81. The number of anilines is 1. The van der Waals surface area contributed by atoms with Gasteiger partial charge >= 0.3 is 0 Å². The Bertz CT molecular complexity index is 827. The van der Waals surface area contributed by atoms with Gasteiger partial charge in [0.1, 0.15) is 9.77 Å². The number of nitrogens with zero attached hydrogens (tertiary/aromatic N) is 1. The molecule has 0 saturated heterocycles. The number of carbonyl (C=O) groups is 1. The van der Waals surface area contributed by atoms with E-state index in [9.17, 15) is 13.2 Å². The summed E-state index contributed by atoms with van der Waals surface area (Å²) in [6.07, 6.45) is 1.90. The number of amides is 1. The molecule has 1 aromatic carbocycles. The van der Waals surface area contributed by atoms with E-state index in [0.29, 0.717) is 10.7 Å². The second-order valence-corrected chi connectivity index (χ2v) is 8.60. The number of nitrogens with one attached hydrogen (secondary N) is 1. The number of halogens is 1. The molecule has 0 aliphatic heterocycles. The van der Waals surface area contributed by atoms with Gasteiger partial charge in [-0.05, 0) is 48.6 Å². The van der Waals surface area contributed by atoms with Crippen molar-refractivity contribution in [3.8, 4) is 0 Å². The maximum atomic E-state index is 12.8. The molecule has 1 aromatic heterocycles. The van der Waals surface area contributed by atoms with Gasteiger partial charge in [0.25, 0.3) is 15.9 Å². The molecule has 0 bridgehead atoms. The molecule has 0 radical (unpaired) electrons. The van der Waals surface area contributed by atoms with Crippen molar-refractivity contribution in [2.45, 2.75) is 23.8 Å². The van der Waals surface area contributed by atoms with Crippen LogP contribution in [0.15, 0.2) is 40.6 Å². The van der Waals surface area contributed by atoms with Crippen LogP contribution >= 0.6 is 22.9 Å². The smallest absolute Gasteiger partial charge is 0.265 e. The highest BCUT2D eigenvalue weighted by molar-refractivity contribution is 7.93. The average Bonchev–Trinajstić information content (AvgIpc) is 3.18. The third-order valence-electron chi connectivity index (χ3n) is 3.58. The molecule has 3 rings (SSSR count). The lowest BCUT2D eigenvalue weighted by molar-refractivity contribution is 0.0952. The van der Waals surface area contributed by atoms with Crippen LogP contribution in [0.4, 0.5) is 5.69 Å². The SMILES string of the molecule is CN(c1ccc(Cl)cc1)S(=O)(=O)c1ccsc1C(=O)NC1CC1. The fraction of sp³-hybridized carbons (Fsp3) is 0.267. The van der Waals surface area contributed by atoms with Gasteiger partial charge in [0, 0.05) is 18.1 Å². The molecule has 1 fully saturated rings. The number of benzene rings is 1. The summed E-state index contributed by atoms with van der Waals surface area (Å²) < 4.78 is 26.8. The van der Waals surface area contributed by atoms with Crippen molar-refractivity contribution < 1.29 is 13.2 Å². The van der Waals surface area contributed by atoms with Crippen LogP contribution in [-0.2, 0) is 10.0 Å². The van der Waals surface area contributed by atoms with Gasteiger partial charge in [-0.15, -0.1) is 11.3 Å². The van der Waals surface area contributed by atoms with Crippen LogP contribution in [0.3, 0.4) is 0 Å². The number of rotatable bonds is 5. The summed E-state index contributed by atoms with van der Waals surface area (Å²) in [6.45, 7) is 0. The van der Waals surface area contributed by atoms with E-state index in [1.165, 1.54) is 13.1 Å². The van der Waals surface area contributed by atoms with E-state index in [-0.39, 0.29) is 21.7 Å². The maximum absolute atomic E-state index is 12.8. The first kappa shape index (κ1) is 16.3. The summed E-state index contributed by atoms with van der Waals surface area (Å²) in [6, 6.07) is 8.13.